The highest BCUT2D eigenvalue weighted by Crippen LogP contribution is 2.17. The smallest absolute Gasteiger partial charge is 0.321 e. The van der Waals surface area contributed by atoms with Crippen LogP contribution in [0.3, 0.4) is 0 Å². The average Bonchev–Trinajstić information content (AvgIpc) is 2.53. The number of hydrogen-bond donors (Lipinski definition) is 1. The zero-order valence-electron chi connectivity index (χ0n) is 13.4. The maximum absolute atomic E-state index is 11.6. The fraction of sp³-hybridized carbons (Fsp3) is 0.562. The Morgan fingerprint density at radius 2 is 2.14 bits per heavy atom. The Labute approximate surface area is 132 Å². The summed E-state index contributed by atoms with van der Waals surface area (Å²) in [6.45, 7) is 5.36. The largest absolute Gasteiger partial charge is 0.493 e. The van der Waals surface area contributed by atoms with E-state index in [2.05, 4.69) is 10.2 Å². The molecule has 122 valence electrons. The van der Waals surface area contributed by atoms with Gasteiger partial charge in [-0.3, -0.25) is 4.90 Å². The van der Waals surface area contributed by atoms with Crippen molar-refractivity contribution in [3.8, 4) is 5.75 Å². The van der Waals surface area contributed by atoms with Crippen molar-refractivity contribution in [3.05, 3.63) is 24.3 Å². The number of benzene rings is 1. The number of rotatable bonds is 6. The molecule has 0 radical (unpaired) electrons. The number of morpholine rings is 1. The number of carbonyl (C=O) groups excluding carboxylic acids is 1. The van der Waals surface area contributed by atoms with Crippen molar-refractivity contribution in [2.45, 2.75) is 6.42 Å². The normalized spacial score (nSPS) is 15.4. The summed E-state index contributed by atoms with van der Waals surface area (Å²) in [4.78, 5) is 15.5. The second-order valence-electron chi connectivity index (χ2n) is 5.51. The molecular weight excluding hydrogens is 282 g/mol. The molecule has 0 saturated carbocycles. The fourth-order valence-electron chi connectivity index (χ4n) is 2.20. The van der Waals surface area contributed by atoms with Gasteiger partial charge in [-0.25, -0.2) is 4.79 Å². The molecule has 2 rings (SSSR count). The molecular formula is C16H25N3O3. The Kier molecular flexibility index (Phi) is 6.48. The van der Waals surface area contributed by atoms with Gasteiger partial charge in [-0.1, -0.05) is 6.07 Å². The third kappa shape index (κ3) is 5.54. The molecule has 1 fully saturated rings. The summed E-state index contributed by atoms with van der Waals surface area (Å²) in [7, 11) is 3.42. The minimum atomic E-state index is -0.149. The molecule has 6 nitrogen and oxygen atoms in total. The van der Waals surface area contributed by atoms with E-state index >= 15 is 0 Å². The number of carbonyl (C=O) groups is 1. The van der Waals surface area contributed by atoms with Crippen molar-refractivity contribution in [2.75, 3.05) is 58.9 Å². The van der Waals surface area contributed by atoms with Crippen molar-refractivity contribution in [1.29, 1.82) is 0 Å². The van der Waals surface area contributed by atoms with Crippen molar-refractivity contribution >= 4 is 11.7 Å². The number of amides is 2. The van der Waals surface area contributed by atoms with E-state index in [1.165, 1.54) is 4.90 Å². The minimum Gasteiger partial charge on any atom is -0.493 e. The van der Waals surface area contributed by atoms with E-state index in [0.717, 1.165) is 50.7 Å². The lowest BCUT2D eigenvalue weighted by Gasteiger charge is -2.26. The molecule has 0 unspecified atom stereocenters. The zero-order chi connectivity index (χ0) is 15.8. The average molecular weight is 307 g/mol. The molecule has 2 amide bonds. The predicted octanol–water partition coefficient (Wildman–Crippen LogP) is 1.88. The molecule has 0 bridgehead atoms. The first-order valence-corrected chi connectivity index (χ1v) is 7.66. The molecule has 1 N–H and O–H groups in total. The minimum absolute atomic E-state index is 0.149. The Hall–Kier alpha value is -1.79. The fourth-order valence-corrected chi connectivity index (χ4v) is 2.20. The summed E-state index contributed by atoms with van der Waals surface area (Å²) in [6.07, 6.45) is 0.980. The van der Waals surface area contributed by atoms with Gasteiger partial charge in [0, 0.05) is 45.5 Å². The Morgan fingerprint density at radius 3 is 2.86 bits per heavy atom. The van der Waals surface area contributed by atoms with Gasteiger partial charge >= 0.3 is 6.03 Å². The number of urea groups is 1. The first kappa shape index (κ1) is 16.6. The molecule has 1 aliphatic heterocycles. The molecule has 0 aliphatic carbocycles. The topological polar surface area (TPSA) is 54.0 Å². The molecule has 1 aromatic carbocycles. The van der Waals surface area contributed by atoms with Gasteiger partial charge in [0.05, 0.1) is 19.8 Å². The van der Waals surface area contributed by atoms with E-state index in [4.69, 9.17) is 9.47 Å². The first-order chi connectivity index (χ1) is 10.6. The van der Waals surface area contributed by atoms with Crippen LogP contribution in [0.15, 0.2) is 24.3 Å². The van der Waals surface area contributed by atoms with Crippen molar-refractivity contribution in [3.63, 3.8) is 0 Å². The summed E-state index contributed by atoms with van der Waals surface area (Å²) < 4.78 is 11.1. The highest BCUT2D eigenvalue weighted by Gasteiger charge is 2.09. The van der Waals surface area contributed by atoms with Crippen LogP contribution in [0.25, 0.3) is 0 Å². The number of nitrogens with one attached hydrogen (secondary N) is 1. The Balaban J connectivity index is 1.72. The number of anilines is 1. The summed E-state index contributed by atoms with van der Waals surface area (Å²) in [5, 5.41) is 2.81. The molecule has 1 aliphatic rings. The van der Waals surface area contributed by atoms with E-state index in [0.29, 0.717) is 6.61 Å². The maximum Gasteiger partial charge on any atom is 0.321 e. The van der Waals surface area contributed by atoms with Crippen LogP contribution >= 0.6 is 0 Å². The van der Waals surface area contributed by atoms with Gasteiger partial charge < -0.3 is 19.7 Å². The summed E-state index contributed by atoms with van der Waals surface area (Å²) >= 11 is 0. The zero-order valence-corrected chi connectivity index (χ0v) is 13.4. The molecule has 0 aromatic heterocycles. The van der Waals surface area contributed by atoms with Crippen LogP contribution < -0.4 is 10.1 Å². The molecule has 6 heteroatoms. The summed E-state index contributed by atoms with van der Waals surface area (Å²) in [6, 6.07) is 7.32. The monoisotopic (exact) mass is 307 g/mol. The van der Waals surface area contributed by atoms with Crippen molar-refractivity contribution < 1.29 is 14.3 Å². The van der Waals surface area contributed by atoms with E-state index < -0.39 is 0 Å². The highest BCUT2D eigenvalue weighted by molar-refractivity contribution is 5.89. The lowest BCUT2D eigenvalue weighted by atomic mass is 10.3. The third-order valence-electron chi connectivity index (χ3n) is 3.48. The molecule has 22 heavy (non-hydrogen) atoms. The lowest BCUT2D eigenvalue weighted by molar-refractivity contribution is 0.0358. The van der Waals surface area contributed by atoms with Crippen molar-refractivity contribution in [2.24, 2.45) is 0 Å². The van der Waals surface area contributed by atoms with Crippen LogP contribution in [0.1, 0.15) is 6.42 Å². The summed E-state index contributed by atoms with van der Waals surface area (Å²) in [5.41, 5.74) is 0.740. The van der Waals surface area contributed by atoms with Crippen LogP contribution in [-0.2, 0) is 4.74 Å². The van der Waals surface area contributed by atoms with Gasteiger partial charge in [0.15, 0.2) is 0 Å². The number of ether oxygens (including phenoxy) is 2. The van der Waals surface area contributed by atoms with E-state index in [1.807, 2.05) is 24.3 Å². The maximum atomic E-state index is 11.6. The van der Waals surface area contributed by atoms with E-state index in [1.54, 1.807) is 14.1 Å². The summed E-state index contributed by atoms with van der Waals surface area (Å²) in [5.74, 6) is 0.776. The number of nitrogens with zero attached hydrogens (tertiary/aromatic N) is 2. The highest BCUT2D eigenvalue weighted by atomic mass is 16.5. The second-order valence-corrected chi connectivity index (χ2v) is 5.51. The SMILES string of the molecule is CN(C)C(=O)Nc1cccc(OCCCN2CCOCC2)c1. The van der Waals surface area contributed by atoms with Gasteiger partial charge in [-0.05, 0) is 18.6 Å². The van der Waals surface area contributed by atoms with Crippen LogP contribution in [0, 0.1) is 0 Å². The Morgan fingerprint density at radius 1 is 1.36 bits per heavy atom. The standard InChI is InChI=1S/C16H25N3O3/c1-18(2)16(20)17-14-5-3-6-15(13-14)22-10-4-7-19-8-11-21-12-9-19/h3,5-6,13H,4,7-12H2,1-2H3,(H,17,20). The van der Waals surface area contributed by atoms with Gasteiger partial charge in [-0.15, -0.1) is 0 Å². The van der Waals surface area contributed by atoms with Gasteiger partial charge in [0.1, 0.15) is 5.75 Å². The molecule has 0 atom stereocenters. The molecule has 1 saturated heterocycles. The first-order valence-electron chi connectivity index (χ1n) is 7.66. The van der Waals surface area contributed by atoms with E-state index in [-0.39, 0.29) is 6.03 Å². The lowest BCUT2D eigenvalue weighted by Crippen LogP contribution is -2.37. The van der Waals surface area contributed by atoms with Crippen LogP contribution in [0.4, 0.5) is 10.5 Å². The van der Waals surface area contributed by atoms with Gasteiger partial charge in [0.2, 0.25) is 0 Å². The Bertz CT molecular complexity index is 473. The molecule has 1 aromatic rings. The third-order valence-corrected chi connectivity index (χ3v) is 3.48. The number of hydrogen-bond acceptors (Lipinski definition) is 4. The van der Waals surface area contributed by atoms with Crippen molar-refractivity contribution in [1.82, 2.24) is 9.80 Å². The predicted molar refractivity (Wildman–Crippen MR) is 86.5 cm³/mol. The van der Waals surface area contributed by atoms with Crippen LogP contribution in [-0.4, -0.2) is 69.4 Å². The quantitative estimate of drug-likeness (QED) is 0.815. The van der Waals surface area contributed by atoms with Gasteiger partial charge in [0.25, 0.3) is 0 Å². The molecule has 0 spiro atoms. The van der Waals surface area contributed by atoms with Gasteiger partial charge in [-0.2, -0.15) is 0 Å². The second kappa shape index (κ2) is 8.60. The van der Waals surface area contributed by atoms with Crippen LogP contribution in [0.2, 0.25) is 0 Å². The molecule has 1 heterocycles. The van der Waals surface area contributed by atoms with Crippen LogP contribution in [0.5, 0.6) is 5.75 Å². The van der Waals surface area contributed by atoms with E-state index in [9.17, 15) is 4.79 Å².